The van der Waals surface area contributed by atoms with Gasteiger partial charge in [0.15, 0.2) is 32.2 Å². The number of hydrogen-bond donors (Lipinski definition) is 3. The molecule has 17 nitrogen and oxygen atoms in total. The smallest absolute Gasteiger partial charge is 0.316 e. The van der Waals surface area contributed by atoms with Crippen LogP contribution in [0.4, 0.5) is 0 Å². The molecule has 6 aliphatic heterocycles. The quantitative estimate of drug-likeness (QED) is 0.0909. The zero-order valence-electron chi connectivity index (χ0n) is 49.2. The number of carbonyl (C=O) groups excluding carboxylic acids is 3. The van der Waals surface area contributed by atoms with E-state index in [1.807, 2.05) is 58.1 Å². The number of methoxy groups -OCH3 is 2. The van der Waals surface area contributed by atoms with Crippen molar-refractivity contribution in [1.29, 1.82) is 0 Å². The Bertz CT molecular complexity index is 2260. The fourth-order valence-corrected chi connectivity index (χ4v) is 13.7. The summed E-state index contributed by atoms with van der Waals surface area (Å²) in [5, 5.41) is 18.8. The van der Waals surface area contributed by atoms with E-state index in [0.717, 1.165) is 17.6 Å². The van der Waals surface area contributed by atoms with E-state index in [4.69, 9.17) is 51.8 Å². The molecule has 7 aliphatic rings. The highest BCUT2D eigenvalue weighted by atomic mass is 28.4. The van der Waals surface area contributed by atoms with Crippen LogP contribution in [0.5, 0.6) is 0 Å². The van der Waals surface area contributed by atoms with Gasteiger partial charge < -0.3 is 67.5 Å². The first kappa shape index (κ1) is 61.5. The van der Waals surface area contributed by atoms with Gasteiger partial charge in [-0.3, -0.25) is 14.4 Å². The second-order valence-corrected chi connectivity index (χ2v) is 29.4. The highest BCUT2D eigenvalue weighted by Gasteiger charge is 2.62. The Hall–Kier alpha value is -3.11. The lowest BCUT2D eigenvalue weighted by Crippen LogP contribution is -2.74. The lowest BCUT2D eigenvalue weighted by atomic mass is 9.71. The fraction of sp³-hybridized carbons (Fsp3) is 0.780. The van der Waals surface area contributed by atoms with Gasteiger partial charge in [0.05, 0.1) is 55.4 Å². The van der Waals surface area contributed by atoms with Gasteiger partial charge in [0.2, 0.25) is 5.91 Å². The molecule has 0 unspecified atom stereocenters. The molecule has 1 aliphatic carbocycles. The zero-order valence-corrected chi connectivity index (χ0v) is 50.2. The SMILES string of the molecule is CCNC(=O)[C@]1(NC(C)=O)[C@H](C)O[C@@H](O[C@H]2[C@H](C)O[C@@H](O[C@@H]3/C(C)=C/C[C@@H]4C[C@@H](C[C@]5(C=C[C@H](C)[C@@H]([C@@H](C)CC)O5)O4)OC(=O)[C@@H]4C=C(C)[C@@H](O[Si](C)(C)C(C)(C)C)[C@H]5OC/C(=C\C=C\[C@@H]3C)[C@]54O)C[C@@H]2OC)C[C@@H]1OC. The van der Waals surface area contributed by atoms with E-state index in [0.29, 0.717) is 37.8 Å². The van der Waals surface area contributed by atoms with Crippen LogP contribution in [0.15, 0.2) is 59.3 Å². The number of hydrogen-bond acceptors (Lipinski definition) is 15. The molecule has 2 amide bonds. The fourth-order valence-electron chi connectivity index (χ4n) is 12.4. The van der Waals surface area contributed by atoms with Crippen LogP contribution in [-0.2, 0) is 66.2 Å². The number of carbonyl (C=O) groups is 3. The highest BCUT2D eigenvalue weighted by molar-refractivity contribution is 6.74. The van der Waals surface area contributed by atoms with Crippen molar-refractivity contribution in [3.8, 4) is 0 Å². The highest BCUT2D eigenvalue weighted by Crippen LogP contribution is 2.50. The molecule has 6 heterocycles. The van der Waals surface area contributed by atoms with Gasteiger partial charge in [0.1, 0.15) is 29.8 Å². The van der Waals surface area contributed by atoms with Crippen molar-refractivity contribution in [3.63, 3.8) is 0 Å². The minimum atomic E-state index is -2.40. The van der Waals surface area contributed by atoms with Crippen molar-refractivity contribution in [2.45, 2.75) is 243 Å². The van der Waals surface area contributed by atoms with Crippen LogP contribution in [-0.4, -0.2) is 155 Å². The van der Waals surface area contributed by atoms with Gasteiger partial charge in [0, 0.05) is 65.2 Å². The maximum absolute atomic E-state index is 14.9. The number of esters is 1. The molecule has 0 aromatic heterocycles. The Balaban J connectivity index is 1.20. The van der Waals surface area contributed by atoms with Gasteiger partial charge in [-0.25, -0.2) is 0 Å². The van der Waals surface area contributed by atoms with Crippen LogP contribution in [0, 0.1) is 23.7 Å². The molecule has 3 N–H and O–H groups in total. The summed E-state index contributed by atoms with van der Waals surface area (Å²) >= 11 is 0. The van der Waals surface area contributed by atoms with Gasteiger partial charge in [-0.2, -0.15) is 0 Å². The molecule has 18 heteroatoms. The van der Waals surface area contributed by atoms with Crippen molar-refractivity contribution < 1.29 is 71.3 Å². The molecular weight excluding hydrogens is 1000 g/mol. The average Bonchev–Trinajstić information content (AvgIpc) is 3.74. The van der Waals surface area contributed by atoms with Gasteiger partial charge in [0.25, 0.3) is 5.91 Å². The first-order valence-electron chi connectivity index (χ1n) is 28.4. The second kappa shape index (κ2) is 24.5. The Morgan fingerprint density at radius 1 is 0.922 bits per heavy atom. The molecule has 4 saturated heterocycles. The molecule has 1 spiro atoms. The summed E-state index contributed by atoms with van der Waals surface area (Å²) < 4.78 is 73.1. The Morgan fingerprint density at radius 2 is 1.64 bits per heavy atom. The maximum atomic E-state index is 14.9. The Morgan fingerprint density at radius 3 is 2.29 bits per heavy atom. The summed E-state index contributed by atoms with van der Waals surface area (Å²) in [7, 11) is 0.731. The zero-order chi connectivity index (χ0) is 56.6. The van der Waals surface area contributed by atoms with Gasteiger partial charge in [-0.05, 0) is 87.9 Å². The van der Waals surface area contributed by atoms with Crippen LogP contribution in [0.25, 0.3) is 0 Å². The summed E-state index contributed by atoms with van der Waals surface area (Å²) in [6.45, 7) is 30.8. The number of allylic oxidation sites excluding steroid dienone is 2. The van der Waals surface area contributed by atoms with E-state index in [1.54, 1.807) is 14.0 Å². The Labute approximate surface area is 460 Å². The third-order valence-corrected chi connectivity index (χ3v) is 22.5. The number of rotatable bonds is 13. The lowest BCUT2D eigenvalue weighted by molar-refractivity contribution is -0.316. The standard InChI is InChI=1S/C59H94N2O15Si/c1-18-33(3)50-36(6)25-26-57(75-50)31-43-28-42(74-57)24-23-35(5)49(34(4)21-20-22-41-32-68-53-51(76-77(16,17)56(11,12)13)37(7)27-44(54(63)71-43)59(41,53)65)72-47-29-45(66-14)52(38(8)69-47)73-48-30-46(67-15)58(39(9)70-48,61-40(10)62)55(64)60-19-2/h20-23,25-27,33-34,36,38-39,42-53,65H,18-19,24,28-32H2,1-17H3,(H,60,64)(H,61,62)/b21-20+,35-23+,41-22+/t33-,34-,36-,38-,39-,42+,43-,44-,45-,46-,47-,48-,49-,50+,51+,52-,53+,57+,58-,59+/m0/s1. The van der Waals surface area contributed by atoms with Crippen LogP contribution in [0.3, 0.4) is 0 Å². The van der Waals surface area contributed by atoms with Crippen LogP contribution in [0.2, 0.25) is 18.1 Å². The summed E-state index contributed by atoms with van der Waals surface area (Å²) in [6.07, 6.45) is 8.73. The third kappa shape index (κ3) is 12.7. The molecule has 2 bridgehead atoms. The molecule has 0 aromatic carbocycles. The van der Waals surface area contributed by atoms with Crippen LogP contribution < -0.4 is 10.6 Å². The monoisotopic (exact) mass is 1100 g/mol. The predicted octanol–water partition coefficient (Wildman–Crippen LogP) is 8.06. The van der Waals surface area contributed by atoms with Crippen molar-refractivity contribution >= 4 is 26.1 Å². The molecule has 0 aromatic rings. The van der Waals surface area contributed by atoms with Crippen molar-refractivity contribution in [2.24, 2.45) is 23.7 Å². The van der Waals surface area contributed by atoms with Crippen molar-refractivity contribution in [1.82, 2.24) is 10.6 Å². The van der Waals surface area contributed by atoms with Crippen LogP contribution in [0.1, 0.15) is 129 Å². The molecule has 20 atom stereocenters. The number of nitrogens with one attached hydrogen (secondary N) is 2. The molecule has 4 fully saturated rings. The number of amides is 2. The second-order valence-electron chi connectivity index (χ2n) is 24.6. The first-order chi connectivity index (χ1) is 36.2. The number of aliphatic hydroxyl groups is 1. The minimum Gasteiger partial charge on any atom is -0.462 e. The van der Waals surface area contributed by atoms with E-state index < -0.39 is 123 Å². The van der Waals surface area contributed by atoms with E-state index in [-0.39, 0.29) is 41.9 Å². The number of fused-ring (bicyclic) bond motifs is 2. The van der Waals surface area contributed by atoms with E-state index in [1.165, 1.54) is 14.0 Å². The molecule has 434 valence electrons. The predicted molar refractivity (Wildman–Crippen MR) is 293 cm³/mol. The van der Waals surface area contributed by atoms with E-state index in [2.05, 4.69) is 84.3 Å². The average molecular weight is 1100 g/mol. The molecule has 0 saturated carbocycles. The molecule has 77 heavy (non-hydrogen) atoms. The van der Waals surface area contributed by atoms with E-state index >= 15 is 0 Å². The van der Waals surface area contributed by atoms with Crippen LogP contribution >= 0.6 is 0 Å². The maximum Gasteiger partial charge on any atom is 0.316 e. The minimum absolute atomic E-state index is 0.0913. The van der Waals surface area contributed by atoms with Gasteiger partial charge in [-0.15, -0.1) is 0 Å². The Kier molecular flexibility index (Phi) is 19.6. The van der Waals surface area contributed by atoms with Gasteiger partial charge >= 0.3 is 5.97 Å². The molecule has 0 radical (unpaired) electrons. The normalized spacial score (nSPS) is 43.1. The van der Waals surface area contributed by atoms with Gasteiger partial charge in [-0.1, -0.05) is 91.3 Å². The first-order valence-corrected chi connectivity index (χ1v) is 31.3. The third-order valence-electron chi connectivity index (χ3n) is 18.0. The summed E-state index contributed by atoms with van der Waals surface area (Å²) in [5.41, 5.74) is -0.936. The largest absolute Gasteiger partial charge is 0.462 e. The lowest BCUT2D eigenvalue weighted by Gasteiger charge is -2.49. The summed E-state index contributed by atoms with van der Waals surface area (Å²) in [6, 6.07) is 0. The summed E-state index contributed by atoms with van der Waals surface area (Å²) in [4.78, 5) is 41.0. The molecular formula is C59H94N2O15Si. The van der Waals surface area contributed by atoms with Crippen molar-refractivity contribution in [2.75, 3.05) is 27.4 Å². The molecule has 7 rings (SSSR count). The van der Waals surface area contributed by atoms with E-state index in [9.17, 15) is 19.5 Å². The topological polar surface area (TPSA) is 197 Å². The number of ether oxygens (including phenoxy) is 10. The van der Waals surface area contributed by atoms with Crippen molar-refractivity contribution in [3.05, 3.63) is 59.3 Å². The summed E-state index contributed by atoms with van der Waals surface area (Å²) in [5.74, 6) is -3.36. The number of likely N-dealkylation sites (N-methyl/N-ethyl adjacent to an activating group) is 1.